The number of benzene rings is 1. The zero-order valence-electron chi connectivity index (χ0n) is 11.5. The lowest BCUT2D eigenvalue weighted by Gasteiger charge is -2.29. The van der Waals surface area contributed by atoms with Gasteiger partial charge in [0.05, 0.1) is 5.57 Å². The van der Waals surface area contributed by atoms with Gasteiger partial charge in [-0.05, 0) is 17.5 Å². The standard InChI is InChI=1S/C16H16ClNO2/c1-16(2)6-13(19)15(14(20)7-16)11-8-18-12-5-9(17)3-4-10(11)12/h3-5,8,18-19H,6-7H2,1-2H3. The highest BCUT2D eigenvalue weighted by Crippen LogP contribution is 2.41. The summed E-state index contributed by atoms with van der Waals surface area (Å²) in [6.45, 7) is 3.99. The summed E-state index contributed by atoms with van der Waals surface area (Å²) < 4.78 is 0. The molecule has 20 heavy (non-hydrogen) atoms. The van der Waals surface area contributed by atoms with Crippen LogP contribution in [0.5, 0.6) is 0 Å². The first kappa shape index (κ1) is 13.3. The second kappa shape index (κ2) is 4.38. The van der Waals surface area contributed by atoms with E-state index >= 15 is 0 Å². The molecule has 0 amide bonds. The van der Waals surface area contributed by atoms with E-state index in [1.54, 1.807) is 12.3 Å². The Morgan fingerprint density at radius 2 is 2.05 bits per heavy atom. The van der Waals surface area contributed by atoms with Crippen LogP contribution >= 0.6 is 11.6 Å². The number of carbonyl (C=O) groups excluding carboxylic acids is 1. The van der Waals surface area contributed by atoms with Crippen LogP contribution in [0.1, 0.15) is 32.3 Å². The number of hydrogen-bond donors (Lipinski definition) is 2. The highest BCUT2D eigenvalue weighted by Gasteiger charge is 2.34. The monoisotopic (exact) mass is 289 g/mol. The summed E-state index contributed by atoms with van der Waals surface area (Å²) in [5.41, 5.74) is 1.89. The van der Waals surface area contributed by atoms with Crippen molar-refractivity contribution in [2.75, 3.05) is 0 Å². The maximum atomic E-state index is 12.4. The van der Waals surface area contributed by atoms with E-state index in [1.165, 1.54) is 0 Å². The Hall–Kier alpha value is -1.74. The van der Waals surface area contributed by atoms with Crippen LogP contribution in [0.3, 0.4) is 0 Å². The van der Waals surface area contributed by atoms with Crippen molar-refractivity contribution in [2.45, 2.75) is 26.7 Å². The van der Waals surface area contributed by atoms with E-state index in [-0.39, 0.29) is 17.0 Å². The van der Waals surface area contributed by atoms with Crippen molar-refractivity contribution >= 4 is 33.9 Å². The minimum atomic E-state index is -0.180. The van der Waals surface area contributed by atoms with Gasteiger partial charge in [-0.25, -0.2) is 0 Å². The normalized spacial score (nSPS) is 18.9. The van der Waals surface area contributed by atoms with Gasteiger partial charge in [-0.2, -0.15) is 0 Å². The third-order valence-electron chi connectivity index (χ3n) is 3.77. The molecule has 0 aliphatic heterocycles. The zero-order valence-corrected chi connectivity index (χ0v) is 12.2. The Balaban J connectivity index is 2.18. The molecule has 0 fully saturated rings. The highest BCUT2D eigenvalue weighted by atomic mass is 35.5. The molecule has 3 rings (SSSR count). The average molecular weight is 290 g/mol. The predicted octanol–water partition coefficient (Wildman–Crippen LogP) is 4.48. The first-order valence-electron chi connectivity index (χ1n) is 6.60. The van der Waals surface area contributed by atoms with E-state index < -0.39 is 0 Å². The molecule has 1 heterocycles. The van der Waals surface area contributed by atoms with Crippen LogP contribution in [0, 0.1) is 5.41 Å². The van der Waals surface area contributed by atoms with Crippen molar-refractivity contribution in [2.24, 2.45) is 5.41 Å². The van der Waals surface area contributed by atoms with Crippen LogP contribution in [0.15, 0.2) is 30.2 Å². The zero-order chi connectivity index (χ0) is 14.5. The Morgan fingerprint density at radius 3 is 2.75 bits per heavy atom. The van der Waals surface area contributed by atoms with Crippen LogP contribution in [0.2, 0.25) is 5.02 Å². The molecule has 1 aromatic heterocycles. The molecular weight excluding hydrogens is 274 g/mol. The summed E-state index contributed by atoms with van der Waals surface area (Å²) in [5.74, 6) is 0.178. The van der Waals surface area contributed by atoms with Gasteiger partial charge in [-0.1, -0.05) is 31.5 Å². The molecule has 1 aliphatic carbocycles. The Bertz CT molecular complexity index is 740. The fourth-order valence-corrected chi connectivity index (χ4v) is 3.07. The minimum Gasteiger partial charge on any atom is -0.512 e. The van der Waals surface area contributed by atoms with Crippen molar-refractivity contribution in [3.8, 4) is 0 Å². The van der Waals surface area contributed by atoms with Gasteiger partial charge in [0.15, 0.2) is 5.78 Å². The second-order valence-electron chi connectivity index (χ2n) is 6.15. The van der Waals surface area contributed by atoms with Crippen molar-refractivity contribution in [1.29, 1.82) is 0 Å². The molecule has 2 aromatic rings. The number of halogens is 1. The molecular formula is C16H16ClNO2. The van der Waals surface area contributed by atoms with Gasteiger partial charge in [-0.15, -0.1) is 0 Å². The predicted molar refractivity (Wildman–Crippen MR) is 80.9 cm³/mol. The van der Waals surface area contributed by atoms with Crippen molar-refractivity contribution in [1.82, 2.24) is 4.98 Å². The van der Waals surface area contributed by atoms with Crippen LogP contribution in [-0.2, 0) is 4.79 Å². The second-order valence-corrected chi connectivity index (χ2v) is 6.59. The van der Waals surface area contributed by atoms with Gasteiger partial charge in [0, 0.05) is 40.5 Å². The first-order valence-corrected chi connectivity index (χ1v) is 6.97. The number of allylic oxidation sites excluding steroid dienone is 2. The number of ketones is 1. The summed E-state index contributed by atoms with van der Waals surface area (Å²) in [5, 5.41) is 11.8. The van der Waals surface area contributed by atoms with Gasteiger partial charge < -0.3 is 10.1 Å². The molecule has 0 bridgehead atoms. The Labute approximate surface area is 122 Å². The molecule has 4 heteroatoms. The van der Waals surface area contributed by atoms with Crippen molar-refractivity contribution in [3.05, 3.63) is 40.7 Å². The number of aromatic amines is 1. The minimum absolute atomic E-state index is 0.00500. The average Bonchev–Trinajstić information content (AvgIpc) is 2.69. The number of aromatic nitrogens is 1. The van der Waals surface area contributed by atoms with Gasteiger partial charge in [0.2, 0.25) is 0 Å². The van der Waals surface area contributed by atoms with E-state index in [0.717, 1.165) is 16.5 Å². The number of rotatable bonds is 1. The van der Waals surface area contributed by atoms with Crippen molar-refractivity contribution in [3.63, 3.8) is 0 Å². The molecule has 1 aromatic carbocycles. The van der Waals surface area contributed by atoms with Crippen LogP contribution < -0.4 is 0 Å². The number of nitrogens with one attached hydrogen (secondary N) is 1. The van der Waals surface area contributed by atoms with Gasteiger partial charge in [-0.3, -0.25) is 4.79 Å². The third-order valence-corrected chi connectivity index (χ3v) is 4.00. The SMILES string of the molecule is CC1(C)CC(=O)C(c2c[nH]c3cc(Cl)ccc23)=C(O)C1. The van der Waals surface area contributed by atoms with Crippen LogP contribution in [-0.4, -0.2) is 15.9 Å². The number of Topliss-reactive ketones (excluding diaryl/α,β-unsaturated/α-hetero) is 1. The molecule has 0 saturated carbocycles. The van der Waals surface area contributed by atoms with E-state index in [2.05, 4.69) is 4.98 Å². The van der Waals surface area contributed by atoms with E-state index in [4.69, 9.17) is 11.6 Å². The van der Waals surface area contributed by atoms with E-state index in [1.807, 2.05) is 26.0 Å². The highest BCUT2D eigenvalue weighted by molar-refractivity contribution is 6.31. The van der Waals surface area contributed by atoms with Gasteiger partial charge in [0.25, 0.3) is 0 Å². The first-order chi connectivity index (χ1) is 9.37. The number of H-pyrrole nitrogens is 1. The lowest BCUT2D eigenvalue weighted by atomic mass is 9.75. The number of aliphatic hydroxyl groups is 1. The van der Waals surface area contributed by atoms with E-state index in [0.29, 0.717) is 23.4 Å². The fourth-order valence-electron chi connectivity index (χ4n) is 2.90. The summed E-state index contributed by atoms with van der Waals surface area (Å²) in [4.78, 5) is 15.5. The Morgan fingerprint density at radius 1 is 1.30 bits per heavy atom. The number of carbonyl (C=O) groups is 1. The third kappa shape index (κ3) is 2.12. The molecule has 0 spiro atoms. The number of aliphatic hydroxyl groups excluding tert-OH is 1. The van der Waals surface area contributed by atoms with E-state index in [9.17, 15) is 9.90 Å². The molecule has 2 N–H and O–H groups in total. The number of hydrogen-bond acceptors (Lipinski definition) is 2. The van der Waals surface area contributed by atoms with Gasteiger partial charge in [0.1, 0.15) is 5.76 Å². The molecule has 104 valence electrons. The summed E-state index contributed by atoms with van der Waals surface area (Å²) in [6, 6.07) is 5.47. The maximum absolute atomic E-state index is 12.4. The largest absolute Gasteiger partial charge is 0.512 e. The molecule has 0 atom stereocenters. The quantitative estimate of drug-likeness (QED) is 0.813. The Kier molecular flexibility index (Phi) is 2.91. The fraction of sp³-hybridized carbons (Fsp3) is 0.312. The number of fused-ring (bicyclic) bond motifs is 1. The topological polar surface area (TPSA) is 53.1 Å². The lowest BCUT2D eigenvalue weighted by molar-refractivity contribution is -0.116. The lowest BCUT2D eigenvalue weighted by Crippen LogP contribution is -2.25. The summed E-state index contributed by atoms with van der Waals surface area (Å²) in [6.07, 6.45) is 2.74. The molecule has 0 saturated heterocycles. The molecule has 3 nitrogen and oxygen atoms in total. The van der Waals surface area contributed by atoms with Crippen LogP contribution in [0.25, 0.3) is 16.5 Å². The van der Waals surface area contributed by atoms with Gasteiger partial charge >= 0.3 is 0 Å². The summed E-state index contributed by atoms with van der Waals surface area (Å²) in [7, 11) is 0. The molecule has 0 radical (unpaired) electrons. The summed E-state index contributed by atoms with van der Waals surface area (Å²) >= 11 is 5.96. The molecule has 0 unspecified atom stereocenters. The maximum Gasteiger partial charge on any atom is 0.167 e. The van der Waals surface area contributed by atoms with Crippen LogP contribution in [0.4, 0.5) is 0 Å². The van der Waals surface area contributed by atoms with Crippen molar-refractivity contribution < 1.29 is 9.90 Å². The smallest absolute Gasteiger partial charge is 0.167 e. The molecule has 1 aliphatic rings.